The number of halogens is 8. The van der Waals surface area contributed by atoms with Crippen molar-refractivity contribution in [2.75, 3.05) is 25.9 Å². The molecule has 0 saturated carbocycles. The van der Waals surface area contributed by atoms with Crippen molar-refractivity contribution in [3.8, 4) is 17.0 Å². The monoisotopic (exact) mass is 566 g/mol. The zero-order chi connectivity index (χ0) is 28.9. The first kappa shape index (κ1) is 27.8. The summed E-state index contributed by atoms with van der Waals surface area (Å²) >= 11 is 0. The first-order valence-electron chi connectivity index (χ1n) is 11.0. The summed E-state index contributed by atoms with van der Waals surface area (Å²) in [7, 11) is 1.07. The fourth-order valence-electron chi connectivity index (χ4n) is 4.21. The number of anilines is 1. The van der Waals surface area contributed by atoms with E-state index in [-0.39, 0.29) is 5.75 Å². The molecular weight excluding hydrogens is 548 g/mol. The first-order chi connectivity index (χ1) is 18.1. The lowest BCUT2D eigenvalue weighted by atomic mass is 10.0. The number of nitrogens with one attached hydrogen (secondary N) is 1. The van der Waals surface area contributed by atoms with Crippen LogP contribution in [0.5, 0.6) is 5.75 Å². The molecule has 2 atom stereocenters. The molecule has 0 bridgehead atoms. The van der Waals surface area contributed by atoms with E-state index in [1.807, 2.05) is 0 Å². The van der Waals surface area contributed by atoms with E-state index >= 15 is 4.39 Å². The van der Waals surface area contributed by atoms with Crippen molar-refractivity contribution in [1.82, 2.24) is 24.8 Å². The summed E-state index contributed by atoms with van der Waals surface area (Å²) in [5, 5.41) is 5.93. The van der Waals surface area contributed by atoms with Crippen molar-refractivity contribution in [3.63, 3.8) is 0 Å². The minimum atomic E-state index is -4.93. The smallest absolute Gasteiger partial charge is 0.418 e. The van der Waals surface area contributed by atoms with E-state index in [2.05, 4.69) is 15.4 Å². The van der Waals surface area contributed by atoms with Crippen LogP contribution in [0.15, 0.2) is 24.5 Å². The van der Waals surface area contributed by atoms with Gasteiger partial charge in [-0.15, -0.1) is 0 Å². The van der Waals surface area contributed by atoms with E-state index in [0.29, 0.717) is 21.5 Å². The predicted molar refractivity (Wildman–Crippen MR) is 118 cm³/mol. The number of benzene rings is 1. The molecule has 1 aromatic carbocycles. The molecule has 1 fully saturated rings. The Morgan fingerprint density at radius 3 is 2.46 bits per heavy atom. The Morgan fingerprint density at radius 1 is 1.15 bits per heavy atom. The first-order valence-corrected chi connectivity index (χ1v) is 11.0. The minimum absolute atomic E-state index is 0.377. The Kier molecular flexibility index (Phi) is 7.03. The maximum Gasteiger partial charge on any atom is 0.418 e. The van der Waals surface area contributed by atoms with Crippen molar-refractivity contribution in [3.05, 3.63) is 41.5 Å². The number of methoxy groups -OCH3 is 1. The van der Waals surface area contributed by atoms with E-state index in [0.717, 1.165) is 19.5 Å². The molecule has 4 rings (SSSR count). The van der Waals surface area contributed by atoms with Crippen LogP contribution in [-0.4, -0.2) is 69.9 Å². The van der Waals surface area contributed by atoms with Gasteiger partial charge < -0.3 is 20.7 Å². The van der Waals surface area contributed by atoms with Crippen LogP contribution >= 0.6 is 0 Å². The van der Waals surface area contributed by atoms with Crippen LogP contribution in [0.4, 0.5) is 40.9 Å². The van der Waals surface area contributed by atoms with E-state index < -0.39 is 95.4 Å². The Labute approximate surface area is 213 Å². The molecule has 0 spiro atoms. The van der Waals surface area contributed by atoms with Gasteiger partial charge in [0.1, 0.15) is 36.0 Å². The van der Waals surface area contributed by atoms with Gasteiger partial charge in [-0.25, -0.2) is 18.3 Å². The minimum Gasteiger partial charge on any atom is -0.496 e. The number of alkyl halides is 7. The summed E-state index contributed by atoms with van der Waals surface area (Å²) in [6, 6.07) is 0.693. The molecule has 1 aliphatic heterocycles. The van der Waals surface area contributed by atoms with E-state index in [1.54, 1.807) is 0 Å². The maximum absolute atomic E-state index is 15.1. The average Bonchev–Trinajstić information content (AvgIpc) is 3.39. The van der Waals surface area contributed by atoms with Crippen LogP contribution < -0.4 is 15.8 Å². The van der Waals surface area contributed by atoms with Gasteiger partial charge in [0, 0.05) is 18.2 Å². The van der Waals surface area contributed by atoms with E-state index in [4.69, 9.17) is 10.5 Å². The molecular formula is C22H18F8N6O3. The van der Waals surface area contributed by atoms with Crippen LogP contribution in [0.25, 0.3) is 16.8 Å². The van der Waals surface area contributed by atoms with Gasteiger partial charge >= 0.3 is 12.4 Å². The third-order valence-corrected chi connectivity index (χ3v) is 5.97. The number of hydrogen-bond donors (Lipinski definition) is 2. The summed E-state index contributed by atoms with van der Waals surface area (Å²) in [6.45, 7) is -1.28. The zero-order valence-electron chi connectivity index (χ0n) is 19.7. The van der Waals surface area contributed by atoms with Gasteiger partial charge in [-0.05, 0) is 12.1 Å². The number of carbonyl (C=O) groups is 2. The Hall–Kier alpha value is -4.18. The normalized spacial score (nSPS) is 18.0. The highest BCUT2D eigenvalue weighted by Gasteiger charge is 2.41. The van der Waals surface area contributed by atoms with Gasteiger partial charge in [-0.3, -0.25) is 9.59 Å². The molecule has 9 nitrogen and oxygen atoms in total. The third kappa shape index (κ3) is 5.51. The van der Waals surface area contributed by atoms with Gasteiger partial charge in [-0.1, -0.05) is 0 Å². The quantitative estimate of drug-likeness (QED) is 0.458. The van der Waals surface area contributed by atoms with Gasteiger partial charge in [-0.2, -0.15) is 31.4 Å². The molecule has 3 aromatic rings. The zero-order valence-corrected chi connectivity index (χ0v) is 19.7. The highest BCUT2D eigenvalue weighted by molar-refractivity contribution is 5.98. The number of rotatable bonds is 5. The Morgan fingerprint density at radius 2 is 1.85 bits per heavy atom. The Bertz CT molecular complexity index is 1440. The third-order valence-electron chi connectivity index (χ3n) is 5.97. The molecule has 2 aromatic heterocycles. The summed E-state index contributed by atoms with van der Waals surface area (Å²) in [5.41, 5.74) is 2.25. The highest BCUT2D eigenvalue weighted by atomic mass is 19.4. The number of nitrogens with two attached hydrogens (primary N) is 1. The van der Waals surface area contributed by atoms with E-state index in [1.165, 1.54) is 0 Å². The van der Waals surface area contributed by atoms with Crippen LogP contribution in [-0.2, 0) is 11.0 Å². The SMILES string of the molecule is COc1cc(F)c(-c2cc(C(F)(F)F)c3c(N)ncnn23)cc1C(=O)N[C@@H]1CN(C(=O)CC(F)(F)F)C[C@@H]1F. The van der Waals surface area contributed by atoms with Crippen LogP contribution in [0.2, 0.25) is 0 Å². The molecule has 0 radical (unpaired) electrons. The molecule has 39 heavy (non-hydrogen) atoms. The largest absolute Gasteiger partial charge is 0.496 e. The fourth-order valence-corrected chi connectivity index (χ4v) is 4.21. The summed E-state index contributed by atoms with van der Waals surface area (Å²) in [5.74, 6) is -4.50. The van der Waals surface area contributed by atoms with Crippen molar-refractivity contribution >= 4 is 23.1 Å². The average molecular weight is 566 g/mol. The summed E-state index contributed by atoms with van der Waals surface area (Å²) < 4.78 is 114. The standard InChI is InChI=1S/C22H18F8N6O3/c1-39-16-4-12(23)9(15-3-11(22(28,29)30)18-19(31)32-8-33-36(15)18)2-10(16)20(38)34-14-7-35(6-13(14)24)17(37)5-21(25,26)27/h2-4,8,13-14H,5-7H2,1H3,(H,34,38)(H2,31,32,33)/t13-,14+/m0/s1. The fraction of sp³-hybridized carbons (Fsp3) is 0.364. The lowest BCUT2D eigenvalue weighted by molar-refractivity contribution is -0.160. The van der Waals surface area contributed by atoms with Gasteiger partial charge in [0.25, 0.3) is 5.91 Å². The lowest BCUT2D eigenvalue weighted by Gasteiger charge is -2.18. The van der Waals surface area contributed by atoms with Crippen LogP contribution in [0.1, 0.15) is 22.3 Å². The summed E-state index contributed by atoms with van der Waals surface area (Å²) in [4.78, 5) is 29.0. The molecule has 0 unspecified atom stereocenters. The van der Waals surface area contributed by atoms with E-state index in [9.17, 15) is 40.3 Å². The lowest BCUT2D eigenvalue weighted by Crippen LogP contribution is -2.42. The highest BCUT2D eigenvalue weighted by Crippen LogP contribution is 2.40. The van der Waals surface area contributed by atoms with Crippen molar-refractivity contribution < 1.29 is 49.4 Å². The second kappa shape index (κ2) is 9.85. The second-order valence-electron chi connectivity index (χ2n) is 8.57. The van der Waals surface area contributed by atoms with Crippen molar-refractivity contribution in [2.45, 2.75) is 31.0 Å². The molecule has 1 saturated heterocycles. The number of amides is 2. The number of nitrogen functional groups attached to an aromatic ring is 1. The number of aromatic nitrogens is 3. The van der Waals surface area contributed by atoms with Crippen LogP contribution in [0, 0.1) is 5.82 Å². The predicted octanol–water partition coefficient (Wildman–Crippen LogP) is 3.38. The molecule has 17 heteroatoms. The number of carbonyl (C=O) groups excluding carboxylic acids is 2. The second-order valence-corrected chi connectivity index (χ2v) is 8.57. The summed E-state index contributed by atoms with van der Waals surface area (Å²) in [6.07, 6.45) is -12.6. The molecule has 3 heterocycles. The van der Waals surface area contributed by atoms with Gasteiger partial charge in [0.2, 0.25) is 5.91 Å². The number of fused-ring (bicyclic) bond motifs is 1. The molecule has 2 amide bonds. The molecule has 1 aliphatic rings. The number of likely N-dealkylation sites (tertiary alicyclic amines) is 1. The van der Waals surface area contributed by atoms with Crippen LogP contribution in [0.3, 0.4) is 0 Å². The van der Waals surface area contributed by atoms with Gasteiger partial charge in [0.15, 0.2) is 5.82 Å². The maximum atomic E-state index is 15.1. The number of hydrogen-bond acceptors (Lipinski definition) is 6. The topological polar surface area (TPSA) is 115 Å². The number of nitrogens with zero attached hydrogens (tertiary/aromatic N) is 4. The molecule has 0 aliphatic carbocycles. The van der Waals surface area contributed by atoms with Crippen molar-refractivity contribution in [2.24, 2.45) is 0 Å². The molecule has 3 N–H and O–H groups in total. The van der Waals surface area contributed by atoms with Crippen molar-refractivity contribution in [1.29, 1.82) is 0 Å². The number of ether oxygens (including phenoxy) is 1. The Balaban J connectivity index is 1.69. The van der Waals surface area contributed by atoms with Gasteiger partial charge in [0.05, 0.1) is 36.5 Å². The molecule has 210 valence electrons.